The van der Waals surface area contributed by atoms with Gasteiger partial charge < -0.3 is 15.0 Å². The molecule has 0 saturated carbocycles. The number of ether oxygens (including phenoxy) is 1. The lowest BCUT2D eigenvalue weighted by Crippen LogP contribution is -2.34. The van der Waals surface area contributed by atoms with Crippen LogP contribution in [0.1, 0.15) is 12.8 Å². The van der Waals surface area contributed by atoms with Crippen LogP contribution in [0.5, 0.6) is 5.88 Å². The van der Waals surface area contributed by atoms with E-state index in [1.807, 2.05) is 18.3 Å². The summed E-state index contributed by atoms with van der Waals surface area (Å²) in [4.78, 5) is 6.67. The molecular formula is C21H23N3O. The minimum atomic E-state index is 0.256. The highest BCUT2D eigenvalue weighted by Gasteiger charge is 2.16. The second kappa shape index (κ2) is 7.11. The van der Waals surface area contributed by atoms with Crippen molar-refractivity contribution in [1.82, 2.24) is 10.3 Å². The summed E-state index contributed by atoms with van der Waals surface area (Å²) < 4.78 is 6.19. The number of nitrogens with one attached hydrogen (secondary N) is 1. The van der Waals surface area contributed by atoms with Crippen LogP contribution in [0.2, 0.25) is 0 Å². The lowest BCUT2D eigenvalue weighted by atomic mass is 10.1. The van der Waals surface area contributed by atoms with Crippen molar-refractivity contribution in [2.45, 2.75) is 18.9 Å². The van der Waals surface area contributed by atoms with E-state index >= 15 is 0 Å². The molecule has 1 saturated heterocycles. The van der Waals surface area contributed by atoms with Crippen molar-refractivity contribution in [1.29, 1.82) is 0 Å². The summed E-state index contributed by atoms with van der Waals surface area (Å²) in [5.74, 6) is 0.748. The third-order valence-electron chi connectivity index (χ3n) is 4.81. The molecule has 4 rings (SSSR count). The molecule has 0 aliphatic carbocycles. The van der Waals surface area contributed by atoms with Gasteiger partial charge in [-0.15, -0.1) is 0 Å². The van der Waals surface area contributed by atoms with Crippen LogP contribution in [0.4, 0.5) is 11.4 Å². The summed E-state index contributed by atoms with van der Waals surface area (Å²) >= 11 is 0. The fraction of sp³-hybridized carbons (Fsp3) is 0.286. The Morgan fingerprint density at radius 1 is 1.00 bits per heavy atom. The lowest BCUT2D eigenvalue weighted by Gasteiger charge is -2.24. The summed E-state index contributed by atoms with van der Waals surface area (Å²) in [7, 11) is 2.09. The quantitative estimate of drug-likeness (QED) is 0.779. The van der Waals surface area contributed by atoms with E-state index < -0.39 is 0 Å². The highest BCUT2D eigenvalue weighted by atomic mass is 16.5. The molecule has 0 bridgehead atoms. The zero-order valence-corrected chi connectivity index (χ0v) is 14.5. The van der Waals surface area contributed by atoms with Crippen LogP contribution >= 0.6 is 0 Å². The molecule has 2 heterocycles. The van der Waals surface area contributed by atoms with Crippen molar-refractivity contribution in [3.05, 3.63) is 60.8 Å². The van der Waals surface area contributed by atoms with Gasteiger partial charge in [-0.2, -0.15) is 0 Å². The van der Waals surface area contributed by atoms with Gasteiger partial charge in [0.05, 0.1) is 0 Å². The monoisotopic (exact) mass is 333 g/mol. The third kappa shape index (κ3) is 3.44. The minimum absolute atomic E-state index is 0.256. The Kier molecular flexibility index (Phi) is 4.53. The average molecular weight is 333 g/mol. The first-order chi connectivity index (χ1) is 12.3. The standard InChI is InChI=1S/C21H23N3O/c1-24(17-5-3-2-4-6-17)18-7-8-20-16(15-18)9-14-23-21(20)25-19-10-12-22-13-11-19/h2-9,14-15,19,22H,10-13H2,1H3. The van der Waals surface area contributed by atoms with Gasteiger partial charge in [-0.3, -0.25) is 0 Å². The van der Waals surface area contributed by atoms with Crippen LogP contribution in [0, 0.1) is 0 Å². The smallest absolute Gasteiger partial charge is 0.221 e. The molecule has 128 valence electrons. The normalized spacial score (nSPS) is 15.2. The van der Waals surface area contributed by atoms with Crippen molar-refractivity contribution < 1.29 is 4.74 Å². The number of para-hydroxylation sites is 1. The van der Waals surface area contributed by atoms with Gasteiger partial charge in [-0.1, -0.05) is 18.2 Å². The summed E-state index contributed by atoms with van der Waals surface area (Å²) in [5.41, 5.74) is 2.32. The van der Waals surface area contributed by atoms with E-state index in [1.165, 1.54) is 5.69 Å². The van der Waals surface area contributed by atoms with Gasteiger partial charge in [0.2, 0.25) is 5.88 Å². The Morgan fingerprint density at radius 3 is 2.60 bits per heavy atom. The predicted molar refractivity (Wildman–Crippen MR) is 103 cm³/mol. The molecule has 0 amide bonds. The molecule has 4 heteroatoms. The number of aromatic nitrogens is 1. The first-order valence-electron chi connectivity index (χ1n) is 8.86. The Balaban J connectivity index is 1.63. The first-order valence-corrected chi connectivity index (χ1v) is 8.86. The molecule has 0 radical (unpaired) electrons. The van der Waals surface area contributed by atoms with Crippen molar-refractivity contribution in [2.75, 3.05) is 25.0 Å². The fourth-order valence-corrected chi connectivity index (χ4v) is 3.31. The van der Waals surface area contributed by atoms with E-state index in [2.05, 4.69) is 64.7 Å². The van der Waals surface area contributed by atoms with Crippen LogP contribution in [0.25, 0.3) is 10.8 Å². The summed E-state index contributed by atoms with van der Waals surface area (Å²) in [6, 6.07) is 18.9. The fourth-order valence-electron chi connectivity index (χ4n) is 3.31. The number of anilines is 2. The van der Waals surface area contributed by atoms with Crippen molar-refractivity contribution in [3.8, 4) is 5.88 Å². The summed E-state index contributed by atoms with van der Waals surface area (Å²) in [6.07, 6.45) is 4.16. The number of rotatable bonds is 4. The molecule has 1 fully saturated rings. The van der Waals surface area contributed by atoms with E-state index in [-0.39, 0.29) is 6.10 Å². The molecule has 4 nitrogen and oxygen atoms in total. The van der Waals surface area contributed by atoms with Crippen LogP contribution in [0.3, 0.4) is 0 Å². The van der Waals surface area contributed by atoms with Crippen LogP contribution in [-0.2, 0) is 0 Å². The highest BCUT2D eigenvalue weighted by molar-refractivity contribution is 5.90. The molecule has 1 aliphatic heterocycles. The topological polar surface area (TPSA) is 37.4 Å². The van der Waals surface area contributed by atoms with E-state index in [0.29, 0.717) is 0 Å². The highest BCUT2D eigenvalue weighted by Crippen LogP contribution is 2.31. The molecule has 1 aliphatic rings. The number of nitrogens with zero attached hydrogens (tertiary/aromatic N) is 2. The van der Waals surface area contributed by atoms with Crippen LogP contribution < -0.4 is 15.0 Å². The Hall–Kier alpha value is -2.59. The zero-order chi connectivity index (χ0) is 17.1. The van der Waals surface area contributed by atoms with Crippen molar-refractivity contribution in [3.63, 3.8) is 0 Å². The SMILES string of the molecule is CN(c1ccccc1)c1ccc2c(OC3CCNCC3)nccc2c1. The molecule has 1 aromatic heterocycles. The van der Waals surface area contributed by atoms with Crippen molar-refractivity contribution in [2.24, 2.45) is 0 Å². The van der Waals surface area contributed by atoms with Gasteiger partial charge in [-0.05, 0) is 67.7 Å². The molecule has 1 N–H and O–H groups in total. The number of piperidine rings is 1. The number of fused-ring (bicyclic) bond motifs is 1. The van der Waals surface area contributed by atoms with Gasteiger partial charge in [0.15, 0.2) is 0 Å². The third-order valence-corrected chi connectivity index (χ3v) is 4.81. The predicted octanol–water partition coefficient (Wildman–Crippen LogP) is 4.13. The second-order valence-electron chi connectivity index (χ2n) is 6.48. The molecule has 2 aromatic carbocycles. The first kappa shape index (κ1) is 15.9. The Morgan fingerprint density at radius 2 is 1.80 bits per heavy atom. The Bertz CT molecular complexity index is 844. The zero-order valence-electron chi connectivity index (χ0n) is 14.5. The average Bonchev–Trinajstić information content (AvgIpc) is 2.69. The molecule has 3 aromatic rings. The molecule has 0 atom stereocenters. The van der Waals surface area contributed by atoms with Crippen molar-refractivity contribution >= 4 is 22.1 Å². The van der Waals surface area contributed by atoms with E-state index in [1.54, 1.807) is 0 Å². The number of benzene rings is 2. The van der Waals surface area contributed by atoms with Gasteiger partial charge in [0.25, 0.3) is 0 Å². The summed E-state index contributed by atoms with van der Waals surface area (Å²) in [6.45, 7) is 2.03. The number of hydrogen-bond donors (Lipinski definition) is 1. The molecule has 0 spiro atoms. The molecular weight excluding hydrogens is 310 g/mol. The van der Waals surface area contributed by atoms with Gasteiger partial charge in [0.1, 0.15) is 6.10 Å². The minimum Gasteiger partial charge on any atom is -0.474 e. The molecule has 0 unspecified atom stereocenters. The lowest BCUT2D eigenvalue weighted by molar-refractivity contribution is 0.158. The van der Waals surface area contributed by atoms with E-state index in [4.69, 9.17) is 4.74 Å². The van der Waals surface area contributed by atoms with Crippen LogP contribution in [-0.4, -0.2) is 31.2 Å². The maximum Gasteiger partial charge on any atom is 0.221 e. The number of hydrogen-bond acceptors (Lipinski definition) is 4. The van der Waals surface area contributed by atoms with Gasteiger partial charge in [0, 0.05) is 30.0 Å². The number of pyridine rings is 1. The van der Waals surface area contributed by atoms with Gasteiger partial charge >= 0.3 is 0 Å². The van der Waals surface area contributed by atoms with E-state index in [9.17, 15) is 0 Å². The van der Waals surface area contributed by atoms with E-state index in [0.717, 1.165) is 48.3 Å². The largest absolute Gasteiger partial charge is 0.474 e. The maximum absolute atomic E-state index is 6.19. The second-order valence-corrected chi connectivity index (χ2v) is 6.48. The van der Waals surface area contributed by atoms with Gasteiger partial charge in [-0.25, -0.2) is 4.98 Å². The molecule has 25 heavy (non-hydrogen) atoms. The Labute approximate surface area is 148 Å². The summed E-state index contributed by atoms with van der Waals surface area (Å²) in [5, 5.41) is 5.59. The van der Waals surface area contributed by atoms with Crippen LogP contribution in [0.15, 0.2) is 60.8 Å². The maximum atomic E-state index is 6.19.